The summed E-state index contributed by atoms with van der Waals surface area (Å²) in [7, 11) is 0. The molecule has 2 rings (SSSR count). The van der Waals surface area contributed by atoms with Gasteiger partial charge in [0.25, 0.3) is 0 Å². The average molecular weight is 268 g/mol. The number of halogens is 2. The normalized spacial score (nSPS) is 22.4. The predicted octanol–water partition coefficient (Wildman–Crippen LogP) is 3.23. The molecule has 1 heterocycles. The second kappa shape index (κ2) is 6.44. The van der Waals surface area contributed by atoms with Gasteiger partial charge in [0, 0.05) is 18.2 Å². The van der Waals surface area contributed by atoms with Gasteiger partial charge in [0.05, 0.1) is 6.04 Å². The summed E-state index contributed by atoms with van der Waals surface area (Å²) in [5.74, 6) is -1.54. The second-order valence-corrected chi connectivity index (χ2v) is 5.19. The van der Waals surface area contributed by atoms with Crippen LogP contribution >= 0.6 is 0 Å². The minimum Gasteiger partial charge on any atom is -0.329 e. The highest BCUT2D eigenvalue weighted by atomic mass is 19.2. The number of piperidine rings is 1. The maximum Gasteiger partial charge on any atom is 0.163 e. The van der Waals surface area contributed by atoms with Crippen molar-refractivity contribution >= 4 is 0 Å². The molecular formula is C15H22F2N2. The third-order valence-electron chi connectivity index (χ3n) is 4.11. The Morgan fingerprint density at radius 2 is 2.16 bits per heavy atom. The molecule has 1 aromatic rings. The van der Waals surface area contributed by atoms with Gasteiger partial charge in [-0.2, -0.15) is 0 Å². The zero-order valence-corrected chi connectivity index (χ0v) is 11.4. The highest BCUT2D eigenvalue weighted by molar-refractivity contribution is 5.23. The fourth-order valence-corrected chi connectivity index (χ4v) is 3.09. The Labute approximate surface area is 113 Å². The van der Waals surface area contributed by atoms with Crippen LogP contribution in [0.3, 0.4) is 0 Å². The number of nitrogens with two attached hydrogens (primary N) is 1. The predicted molar refractivity (Wildman–Crippen MR) is 72.8 cm³/mol. The van der Waals surface area contributed by atoms with Crippen LogP contribution in [0.25, 0.3) is 0 Å². The molecule has 4 heteroatoms. The molecule has 0 radical (unpaired) electrons. The van der Waals surface area contributed by atoms with E-state index < -0.39 is 11.6 Å². The summed E-state index contributed by atoms with van der Waals surface area (Å²) in [5.41, 5.74) is 6.23. The van der Waals surface area contributed by atoms with Crippen LogP contribution in [0.2, 0.25) is 0 Å². The summed E-state index contributed by atoms with van der Waals surface area (Å²) >= 11 is 0. The molecule has 1 aliphatic rings. The number of likely N-dealkylation sites (tertiary alicyclic amines) is 1. The van der Waals surface area contributed by atoms with E-state index in [1.165, 1.54) is 6.42 Å². The Kier molecular flexibility index (Phi) is 4.88. The maximum absolute atomic E-state index is 14.0. The molecule has 1 fully saturated rings. The van der Waals surface area contributed by atoms with Gasteiger partial charge in [-0.05, 0) is 31.9 Å². The first-order chi connectivity index (χ1) is 9.19. The van der Waals surface area contributed by atoms with Gasteiger partial charge in [0.15, 0.2) is 11.6 Å². The number of hydrogen-bond donors (Lipinski definition) is 1. The highest BCUT2D eigenvalue weighted by Crippen LogP contribution is 2.31. The zero-order chi connectivity index (χ0) is 13.8. The van der Waals surface area contributed by atoms with E-state index in [1.807, 2.05) is 0 Å². The lowest BCUT2D eigenvalue weighted by Gasteiger charge is -2.41. The van der Waals surface area contributed by atoms with Crippen molar-refractivity contribution in [1.82, 2.24) is 4.90 Å². The lowest BCUT2D eigenvalue weighted by atomic mass is 9.94. The van der Waals surface area contributed by atoms with Crippen LogP contribution < -0.4 is 5.73 Å². The third kappa shape index (κ3) is 2.95. The van der Waals surface area contributed by atoms with E-state index in [9.17, 15) is 8.78 Å². The lowest BCUT2D eigenvalue weighted by Crippen LogP contribution is -2.44. The summed E-state index contributed by atoms with van der Waals surface area (Å²) in [6.07, 6.45) is 4.44. The van der Waals surface area contributed by atoms with E-state index in [4.69, 9.17) is 5.73 Å². The average Bonchev–Trinajstić information content (AvgIpc) is 2.45. The van der Waals surface area contributed by atoms with Crippen LogP contribution in [-0.2, 0) is 0 Å². The van der Waals surface area contributed by atoms with Crippen LogP contribution in [0.1, 0.15) is 44.2 Å². The molecule has 0 amide bonds. The minimum absolute atomic E-state index is 0.221. The molecule has 1 saturated heterocycles. The zero-order valence-electron chi connectivity index (χ0n) is 11.4. The van der Waals surface area contributed by atoms with Gasteiger partial charge < -0.3 is 5.73 Å². The minimum atomic E-state index is -0.791. The van der Waals surface area contributed by atoms with Gasteiger partial charge in [-0.1, -0.05) is 25.5 Å². The fraction of sp³-hybridized carbons (Fsp3) is 0.600. The van der Waals surface area contributed by atoms with Crippen molar-refractivity contribution < 1.29 is 8.78 Å². The Morgan fingerprint density at radius 1 is 1.37 bits per heavy atom. The summed E-state index contributed by atoms with van der Waals surface area (Å²) in [4.78, 5) is 2.25. The number of rotatable bonds is 4. The molecule has 0 aromatic heterocycles. The van der Waals surface area contributed by atoms with Crippen LogP contribution in [0.15, 0.2) is 18.2 Å². The monoisotopic (exact) mass is 268 g/mol. The number of benzene rings is 1. The standard InChI is InChI=1S/C15H22F2N2/c1-2-11-6-3-4-9-19(11)14(10-18)12-7-5-8-13(16)15(12)17/h5,7-8,11,14H,2-4,6,9-10,18H2,1H3. The first kappa shape index (κ1) is 14.4. The smallest absolute Gasteiger partial charge is 0.163 e. The van der Waals surface area contributed by atoms with Crippen molar-refractivity contribution in [3.05, 3.63) is 35.4 Å². The molecule has 2 nitrogen and oxygen atoms in total. The molecule has 2 unspecified atom stereocenters. The third-order valence-corrected chi connectivity index (χ3v) is 4.11. The van der Waals surface area contributed by atoms with E-state index in [2.05, 4.69) is 11.8 Å². The van der Waals surface area contributed by atoms with Crippen LogP contribution in [-0.4, -0.2) is 24.0 Å². The largest absolute Gasteiger partial charge is 0.329 e. The van der Waals surface area contributed by atoms with Crippen molar-refractivity contribution in [2.75, 3.05) is 13.1 Å². The molecule has 0 aliphatic carbocycles. The summed E-state index contributed by atoms with van der Waals surface area (Å²) in [6, 6.07) is 4.56. The second-order valence-electron chi connectivity index (χ2n) is 5.19. The van der Waals surface area contributed by atoms with Crippen molar-refractivity contribution in [2.24, 2.45) is 5.73 Å². The maximum atomic E-state index is 14.0. The molecule has 2 atom stereocenters. The quantitative estimate of drug-likeness (QED) is 0.908. The Hall–Kier alpha value is -1.00. The molecule has 106 valence electrons. The number of hydrogen-bond acceptors (Lipinski definition) is 2. The van der Waals surface area contributed by atoms with Crippen molar-refractivity contribution in [3.8, 4) is 0 Å². The molecule has 1 aromatic carbocycles. The Balaban J connectivity index is 2.30. The van der Waals surface area contributed by atoms with Crippen molar-refractivity contribution in [1.29, 1.82) is 0 Å². The van der Waals surface area contributed by atoms with Gasteiger partial charge in [-0.3, -0.25) is 4.90 Å². The van der Waals surface area contributed by atoms with Crippen LogP contribution in [0, 0.1) is 11.6 Å². The number of nitrogens with zero attached hydrogens (tertiary/aromatic N) is 1. The SMILES string of the molecule is CCC1CCCCN1C(CN)c1cccc(F)c1F. The molecule has 2 N–H and O–H groups in total. The first-order valence-electron chi connectivity index (χ1n) is 7.08. The molecular weight excluding hydrogens is 246 g/mol. The van der Waals surface area contributed by atoms with Crippen molar-refractivity contribution in [3.63, 3.8) is 0 Å². The Bertz CT molecular complexity index is 423. The molecule has 0 bridgehead atoms. The summed E-state index contributed by atoms with van der Waals surface area (Å²) in [5, 5.41) is 0. The molecule has 1 aliphatic heterocycles. The van der Waals surface area contributed by atoms with Gasteiger partial charge in [0.2, 0.25) is 0 Å². The van der Waals surface area contributed by atoms with E-state index in [-0.39, 0.29) is 6.04 Å². The fourth-order valence-electron chi connectivity index (χ4n) is 3.09. The van der Waals surface area contributed by atoms with E-state index >= 15 is 0 Å². The molecule has 0 spiro atoms. The topological polar surface area (TPSA) is 29.3 Å². The van der Waals surface area contributed by atoms with Crippen LogP contribution in [0.4, 0.5) is 8.78 Å². The van der Waals surface area contributed by atoms with Gasteiger partial charge in [-0.15, -0.1) is 0 Å². The Morgan fingerprint density at radius 3 is 2.84 bits per heavy atom. The van der Waals surface area contributed by atoms with E-state index in [0.29, 0.717) is 18.2 Å². The summed E-state index contributed by atoms with van der Waals surface area (Å²) < 4.78 is 27.4. The van der Waals surface area contributed by atoms with Gasteiger partial charge in [-0.25, -0.2) is 8.78 Å². The van der Waals surface area contributed by atoms with Gasteiger partial charge in [0.1, 0.15) is 0 Å². The van der Waals surface area contributed by atoms with E-state index in [1.54, 1.807) is 12.1 Å². The highest BCUT2D eigenvalue weighted by Gasteiger charge is 2.30. The lowest BCUT2D eigenvalue weighted by molar-refractivity contribution is 0.0926. The first-order valence-corrected chi connectivity index (χ1v) is 7.08. The van der Waals surface area contributed by atoms with Crippen LogP contribution in [0.5, 0.6) is 0 Å². The molecule has 0 saturated carbocycles. The van der Waals surface area contributed by atoms with Gasteiger partial charge >= 0.3 is 0 Å². The summed E-state index contributed by atoms with van der Waals surface area (Å²) in [6.45, 7) is 3.37. The molecule has 19 heavy (non-hydrogen) atoms. The van der Waals surface area contributed by atoms with Crippen molar-refractivity contribution in [2.45, 2.75) is 44.7 Å². The van der Waals surface area contributed by atoms with E-state index in [0.717, 1.165) is 31.9 Å².